The summed E-state index contributed by atoms with van der Waals surface area (Å²) in [7, 11) is 1.66. The van der Waals surface area contributed by atoms with Crippen LogP contribution in [0.5, 0.6) is 5.75 Å². The summed E-state index contributed by atoms with van der Waals surface area (Å²) < 4.78 is 6.28. The summed E-state index contributed by atoms with van der Waals surface area (Å²) in [5.74, 6) is 0.668. The maximum absolute atomic E-state index is 12.4. The van der Waals surface area contributed by atoms with Gasteiger partial charge in [0.05, 0.1) is 7.11 Å². The molecule has 0 fully saturated rings. The second-order valence-corrected chi connectivity index (χ2v) is 6.93. The molecule has 4 nitrogen and oxygen atoms in total. The van der Waals surface area contributed by atoms with Crippen molar-refractivity contribution in [1.29, 1.82) is 0 Å². The summed E-state index contributed by atoms with van der Waals surface area (Å²) >= 11 is 3.38. The molecule has 0 bridgehead atoms. The Balaban J connectivity index is 0.00000312. The van der Waals surface area contributed by atoms with Crippen molar-refractivity contribution in [3.63, 3.8) is 0 Å². The van der Waals surface area contributed by atoms with Crippen LogP contribution < -0.4 is 15.8 Å². The lowest BCUT2D eigenvalue weighted by Gasteiger charge is -2.24. The van der Waals surface area contributed by atoms with E-state index in [4.69, 9.17) is 10.5 Å². The van der Waals surface area contributed by atoms with Crippen LogP contribution in [0.1, 0.15) is 23.6 Å². The number of amides is 1. The quantitative estimate of drug-likeness (QED) is 0.738. The zero-order chi connectivity index (χ0) is 17.7. The molecule has 1 amide bonds. The highest BCUT2D eigenvalue weighted by atomic mass is 79.9. The second kappa shape index (κ2) is 9.22. The van der Waals surface area contributed by atoms with E-state index in [0.717, 1.165) is 33.3 Å². The molecule has 0 aliphatic rings. The van der Waals surface area contributed by atoms with Gasteiger partial charge in [0.25, 0.3) is 0 Å². The average Bonchev–Trinajstić information content (AvgIpc) is 2.56. The summed E-state index contributed by atoms with van der Waals surface area (Å²) in [4.78, 5) is 12.4. The third kappa shape index (κ3) is 5.46. The molecule has 1 unspecified atom stereocenters. The molecule has 0 saturated heterocycles. The molecule has 2 aromatic rings. The number of nitrogens with two attached hydrogens (primary N) is 1. The Labute approximate surface area is 163 Å². The van der Waals surface area contributed by atoms with Gasteiger partial charge in [-0.1, -0.05) is 40.2 Å². The number of methoxy groups -OCH3 is 1. The highest BCUT2D eigenvalue weighted by molar-refractivity contribution is 9.10. The molecular weight excluding hydrogens is 404 g/mol. The standard InChI is InChI=1S/C19H23BrN2O2.ClH/c1-13-4-5-14(12-17(13)24-3)10-11-22-18(23)19(2,21)15-6-8-16(20)9-7-15;/h4-9,12H,10-11,21H2,1-3H3,(H,22,23);1H. The molecule has 3 N–H and O–H groups in total. The molecule has 0 radical (unpaired) electrons. The van der Waals surface area contributed by atoms with Crippen LogP contribution in [0, 0.1) is 6.92 Å². The molecule has 136 valence electrons. The van der Waals surface area contributed by atoms with Gasteiger partial charge in [0.1, 0.15) is 11.3 Å². The van der Waals surface area contributed by atoms with Crippen molar-refractivity contribution >= 4 is 34.2 Å². The van der Waals surface area contributed by atoms with Crippen LogP contribution in [0.15, 0.2) is 46.9 Å². The maximum Gasteiger partial charge on any atom is 0.244 e. The van der Waals surface area contributed by atoms with Crippen LogP contribution in [-0.2, 0) is 16.8 Å². The van der Waals surface area contributed by atoms with E-state index < -0.39 is 5.54 Å². The topological polar surface area (TPSA) is 64.3 Å². The van der Waals surface area contributed by atoms with Gasteiger partial charge in [-0.2, -0.15) is 0 Å². The first-order valence-corrected chi connectivity index (χ1v) is 8.60. The van der Waals surface area contributed by atoms with Crippen molar-refractivity contribution in [1.82, 2.24) is 5.32 Å². The van der Waals surface area contributed by atoms with Gasteiger partial charge in [-0.3, -0.25) is 4.79 Å². The van der Waals surface area contributed by atoms with E-state index >= 15 is 0 Å². The monoisotopic (exact) mass is 426 g/mol. The first-order valence-electron chi connectivity index (χ1n) is 7.81. The van der Waals surface area contributed by atoms with Gasteiger partial charge in [-0.05, 0) is 55.2 Å². The van der Waals surface area contributed by atoms with Crippen LogP contribution >= 0.6 is 28.3 Å². The molecule has 2 rings (SSSR count). The van der Waals surface area contributed by atoms with Gasteiger partial charge in [-0.25, -0.2) is 0 Å². The number of hydrogen-bond donors (Lipinski definition) is 2. The van der Waals surface area contributed by atoms with Crippen LogP contribution in [-0.4, -0.2) is 19.6 Å². The third-order valence-electron chi connectivity index (χ3n) is 4.09. The Morgan fingerprint density at radius 3 is 2.48 bits per heavy atom. The predicted octanol–water partition coefficient (Wildman–Crippen LogP) is 3.72. The lowest BCUT2D eigenvalue weighted by Crippen LogP contribution is -2.49. The fourth-order valence-corrected chi connectivity index (χ4v) is 2.72. The Kier molecular flexibility index (Phi) is 7.93. The fourth-order valence-electron chi connectivity index (χ4n) is 2.45. The fraction of sp³-hybridized carbons (Fsp3) is 0.316. The smallest absolute Gasteiger partial charge is 0.244 e. The number of carbonyl (C=O) groups excluding carboxylic acids is 1. The third-order valence-corrected chi connectivity index (χ3v) is 4.62. The van der Waals surface area contributed by atoms with Crippen molar-refractivity contribution in [2.45, 2.75) is 25.8 Å². The number of halogens is 2. The maximum atomic E-state index is 12.4. The molecule has 1 atom stereocenters. The lowest BCUT2D eigenvalue weighted by molar-refractivity contribution is -0.126. The van der Waals surface area contributed by atoms with Crippen LogP contribution in [0.2, 0.25) is 0 Å². The summed E-state index contributed by atoms with van der Waals surface area (Å²) in [6.07, 6.45) is 0.721. The SMILES string of the molecule is COc1cc(CCNC(=O)C(C)(N)c2ccc(Br)cc2)ccc1C.Cl. The van der Waals surface area contributed by atoms with E-state index in [1.807, 2.05) is 49.4 Å². The summed E-state index contributed by atoms with van der Waals surface area (Å²) in [6.45, 7) is 4.25. The number of carbonyl (C=O) groups is 1. The summed E-state index contributed by atoms with van der Waals surface area (Å²) in [5, 5.41) is 2.92. The summed E-state index contributed by atoms with van der Waals surface area (Å²) in [6, 6.07) is 13.5. The highest BCUT2D eigenvalue weighted by Gasteiger charge is 2.30. The van der Waals surface area contributed by atoms with E-state index in [9.17, 15) is 4.79 Å². The minimum atomic E-state index is -1.06. The number of rotatable bonds is 6. The van der Waals surface area contributed by atoms with Gasteiger partial charge in [0, 0.05) is 11.0 Å². The van der Waals surface area contributed by atoms with Crippen molar-refractivity contribution in [2.75, 3.05) is 13.7 Å². The zero-order valence-electron chi connectivity index (χ0n) is 14.6. The van der Waals surface area contributed by atoms with Crippen LogP contribution in [0.3, 0.4) is 0 Å². The molecule has 2 aromatic carbocycles. The Morgan fingerprint density at radius 2 is 1.88 bits per heavy atom. The van der Waals surface area contributed by atoms with Gasteiger partial charge >= 0.3 is 0 Å². The molecule has 0 saturated carbocycles. The first kappa shape index (κ1) is 21.5. The van der Waals surface area contributed by atoms with Crippen LogP contribution in [0.4, 0.5) is 0 Å². The van der Waals surface area contributed by atoms with Crippen molar-refractivity contribution in [3.8, 4) is 5.75 Å². The van der Waals surface area contributed by atoms with Crippen molar-refractivity contribution in [2.24, 2.45) is 5.73 Å². The van der Waals surface area contributed by atoms with Crippen molar-refractivity contribution < 1.29 is 9.53 Å². The molecule has 0 spiro atoms. The van der Waals surface area contributed by atoms with E-state index in [2.05, 4.69) is 21.2 Å². The van der Waals surface area contributed by atoms with E-state index in [1.54, 1.807) is 14.0 Å². The predicted molar refractivity (Wildman–Crippen MR) is 107 cm³/mol. The number of aryl methyl sites for hydroxylation is 1. The van der Waals surface area contributed by atoms with Gasteiger partial charge in [0.15, 0.2) is 0 Å². The highest BCUT2D eigenvalue weighted by Crippen LogP contribution is 2.21. The van der Waals surface area contributed by atoms with E-state index in [0.29, 0.717) is 6.54 Å². The van der Waals surface area contributed by atoms with Gasteiger partial charge in [0.2, 0.25) is 5.91 Å². The molecule has 6 heteroatoms. The second-order valence-electron chi connectivity index (χ2n) is 6.02. The molecule has 25 heavy (non-hydrogen) atoms. The number of hydrogen-bond acceptors (Lipinski definition) is 3. The lowest BCUT2D eigenvalue weighted by atomic mass is 9.92. The minimum absolute atomic E-state index is 0. The minimum Gasteiger partial charge on any atom is -0.496 e. The Morgan fingerprint density at radius 1 is 1.24 bits per heavy atom. The molecular formula is C19H24BrClN2O2. The molecule has 0 aliphatic heterocycles. The molecule has 0 heterocycles. The number of ether oxygens (including phenoxy) is 1. The largest absolute Gasteiger partial charge is 0.496 e. The zero-order valence-corrected chi connectivity index (χ0v) is 17.0. The Bertz CT molecular complexity index is 718. The first-order chi connectivity index (χ1) is 11.3. The molecule has 0 aromatic heterocycles. The molecule has 0 aliphatic carbocycles. The average molecular weight is 428 g/mol. The van der Waals surface area contributed by atoms with Gasteiger partial charge < -0.3 is 15.8 Å². The summed E-state index contributed by atoms with van der Waals surface area (Å²) in [5.41, 5.74) is 8.15. The van der Waals surface area contributed by atoms with E-state index in [1.165, 1.54) is 0 Å². The number of benzene rings is 2. The number of nitrogens with one attached hydrogen (secondary N) is 1. The van der Waals surface area contributed by atoms with Gasteiger partial charge in [-0.15, -0.1) is 12.4 Å². The Hall–Kier alpha value is -1.56. The normalized spacial score (nSPS) is 12.7. The van der Waals surface area contributed by atoms with E-state index in [-0.39, 0.29) is 18.3 Å². The van der Waals surface area contributed by atoms with Crippen LogP contribution in [0.25, 0.3) is 0 Å². The van der Waals surface area contributed by atoms with Crippen molar-refractivity contribution in [3.05, 3.63) is 63.6 Å².